The Morgan fingerprint density at radius 3 is 2.25 bits per heavy atom. The Labute approximate surface area is 280 Å². The minimum Gasteiger partial charge on any atom is -0.454 e. The second-order valence-electron chi connectivity index (χ2n) is 13.0. The fourth-order valence-corrected chi connectivity index (χ4v) is 7.16. The van der Waals surface area contributed by atoms with E-state index in [0.29, 0.717) is 13.2 Å². The van der Waals surface area contributed by atoms with Gasteiger partial charge in [-0.05, 0) is 59.9 Å². The number of hydrogen-bond donors (Lipinski definition) is 1. The van der Waals surface area contributed by atoms with E-state index in [1.165, 1.54) is 11.1 Å². The highest BCUT2D eigenvalue weighted by Gasteiger charge is 2.23. The number of para-hydroxylation sites is 1. The van der Waals surface area contributed by atoms with Crippen molar-refractivity contribution in [1.82, 2.24) is 29.9 Å². The molecule has 10 heteroatoms. The number of fused-ring (bicyclic) bond motifs is 2. The summed E-state index contributed by atoms with van der Waals surface area (Å²) in [6, 6.07) is 29.3. The van der Waals surface area contributed by atoms with Gasteiger partial charge in [0.2, 0.25) is 12.7 Å². The van der Waals surface area contributed by atoms with Gasteiger partial charge >= 0.3 is 0 Å². The van der Waals surface area contributed by atoms with Gasteiger partial charge in [0.1, 0.15) is 0 Å². The predicted molar refractivity (Wildman–Crippen MR) is 186 cm³/mol. The topological polar surface area (TPSA) is 88.0 Å². The molecule has 0 saturated carbocycles. The standard InChI is InChI=1S/C38H41N7O3/c46-38(39-31-14-16-42(17-15-31)24-28-6-2-1-3-7-28)23-30-26-45(33-9-5-4-8-32(30)33)37-13-12-36(40-41-37)44-20-18-43(19-21-44)25-29-10-11-34-35(22-29)48-27-47-34/h1-13,22,26,31H,14-21,23-25,27H2,(H,39,46). The number of piperidine rings is 1. The molecular formula is C38H41N7O3. The summed E-state index contributed by atoms with van der Waals surface area (Å²) in [5.74, 6) is 3.35. The number of benzene rings is 3. The number of amides is 1. The van der Waals surface area contributed by atoms with Crippen molar-refractivity contribution >= 4 is 22.6 Å². The van der Waals surface area contributed by atoms with Crippen molar-refractivity contribution in [2.24, 2.45) is 0 Å². The normalized spacial score (nSPS) is 17.2. The van der Waals surface area contributed by atoms with E-state index in [2.05, 4.69) is 95.4 Å². The average Bonchev–Trinajstić information content (AvgIpc) is 3.75. The highest BCUT2D eigenvalue weighted by atomic mass is 16.7. The van der Waals surface area contributed by atoms with Crippen LogP contribution in [0.4, 0.5) is 5.82 Å². The monoisotopic (exact) mass is 643 g/mol. The third-order valence-electron chi connectivity index (χ3n) is 9.77. The van der Waals surface area contributed by atoms with Crippen molar-refractivity contribution in [3.63, 3.8) is 0 Å². The highest BCUT2D eigenvalue weighted by molar-refractivity contribution is 5.90. The maximum absolute atomic E-state index is 13.3. The lowest BCUT2D eigenvalue weighted by Crippen LogP contribution is -2.46. The number of hydrogen-bond acceptors (Lipinski definition) is 8. The van der Waals surface area contributed by atoms with E-state index in [1.807, 2.05) is 30.5 Å². The van der Waals surface area contributed by atoms with E-state index in [4.69, 9.17) is 9.47 Å². The molecule has 5 aromatic rings. The van der Waals surface area contributed by atoms with E-state index in [1.54, 1.807) is 0 Å². The molecule has 0 atom stereocenters. The van der Waals surface area contributed by atoms with Crippen LogP contribution in [0.5, 0.6) is 11.5 Å². The van der Waals surface area contributed by atoms with Crippen molar-refractivity contribution in [3.05, 3.63) is 108 Å². The van der Waals surface area contributed by atoms with Crippen LogP contribution in [0.25, 0.3) is 16.7 Å². The lowest BCUT2D eigenvalue weighted by Gasteiger charge is -2.35. The second-order valence-corrected chi connectivity index (χ2v) is 13.0. The number of aromatic nitrogens is 3. The Balaban J connectivity index is 0.869. The molecule has 1 amide bonds. The number of likely N-dealkylation sites (tertiary alicyclic amines) is 1. The van der Waals surface area contributed by atoms with Crippen LogP contribution in [0.3, 0.4) is 0 Å². The first-order valence-corrected chi connectivity index (χ1v) is 17.0. The van der Waals surface area contributed by atoms with Crippen LogP contribution >= 0.6 is 0 Å². The number of rotatable bonds is 9. The lowest BCUT2D eigenvalue weighted by atomic mass is 10.0. The summed E-state index contributed by atoms with van der Waals surface area (Å²) in [6.45, 7) is 7.78. The van der Waals surface area contributed by atoms with Gasteiger partial charge in [-0.25, -0.2) is 0 Å². The highest BCUT2D eigenvalue weighted by Crippen LogP contribution is 2.33. The van der Waals surface area contributed by atoms with Gasteiger partial charge in [0.15, 0.2) is 23.1 Å². The summed E-state index contributed by atoms with van der Waals surface area (Å²) < 4.78 is 13.1. The van der Waals surface area contributed by atoms with Gasteiger partial charge in [-0.15, -0.1) is 10.2 Å². The van der Waals surface area contributed by atoms with E-state index in [0.717, 1.165) is 105 Å². The molecule has 2 aromatic heterocycles. The van der Waals surface area contributed by atoms with Crippen molar-refractivity contribution in [2.75, 3.05) is 51.0 Å². The van der Waals surface area contributed by atoms with Crippen molar-refractivity contribution in [2.45, 2.75) is 38.4 Å². The number of ether oxygens (including phenoxy) is 2. The Morgan fingerprint density at radius 2 is 1.44 bits per heavy atom. The number of carbonyl (C=O) groups excluding carboxylic acids is 1. The zero-order valence-corrected chi connectivity index (χ0v) is 27.1. The summed E-state index contributed by atoms with van der Waals surface area (Å²) in [5.41, 5.74) is 4.58. The smallest absolute Gasteiger partial charge is 0.231 e. The number of nitrogens with zero attached hydrogens (tertiary/aromatic N) is 6. The zero-order chi connectivity index (χ0) is 32.3. The fraction of sp³-hybridized carbons (Fsp3) is 0.342. The van der Waals surface area contributed by atoms with Gasteiger partial charge < -0.3 is 19.7 Å². The van der Waals surface area contributed by atoms with Gasteiger partial charge in [-0.1, -0.05) is 54.6 Å². The molecule has 5 heterocycles. The number of nitrogens with one attached hydrogen (secondary N) is 1. The van der Waals surface area contributed by atoms with Crippen LogP contribution in [0.1, 0.15) is 29.5 Å². The SMILES string of the molecule is O=C(Cc1cn(-c2ccc(N3CCN(Cc4ccc5c(c4)OCO5)CC3)nn2)c2ccccc12)NC1CCN(Cc2ccccc2)CC1. The van der Waals surface area contributed by atoms with E-state index >= 15 is 0 Å². The minimum atomic E-state index is 0.0681. The number of anilines is 1. The molecule has 246 valence electrons. The molecule has 2 saturated heterocycles. The van der Waals surface area contributed by atoms with E-state index in [-0.39, 0.29) is 11.9 Å². The zero-order valence-electron chi connectivity index (χ0n) is 27.1. The first-order chi connectivity index (χ1) is 23.6. The molecule has 1 N–H and O–H groups in total. The van der Waals surface area contributed by atoms with Gasteiger partial charge in [-0.2, -0.15) is 0 Å². The summed E-state index contributed by atoms with van der Waals surface area (Å²) in [5, 5.41) is 13.7. The minimum absolute atomic E-state index is 0.0681. The van der Waals surface area contributed by atoms with Crippen LogP contribution in [-0.4, -0.2) is 82.6 Å². The first kappa shape index (κ1) is 30.4. The molecule has 8 rings (SSSR count). The summed E-state index contributed by atoms with van der Waals surface area (Å²) in [4.78, 5) is 20.5. The average molecular weight is 644 g/mol. The number of piperazine rings is 1. The fourth-order valence-electron chi connectivity index (χ4n) is 7.16. The molecule has 0 unspecified atom stereocenters. The quantitative estimate of drug-likeness (QED) is 0.245. The molecule has 2 fully saturated rings. The van der Waals surface area contributed by atoms with Crippen LogP contribution in [0, 0.1) is 0 Å². The van der Waals surface area contributed by atoms with Gasteiger partial charge in [0.05, 0.1) is 11.9 Å². The molecule has 3 aliphatic rings. The third kappa shape index (κ3) is 6.72. The maximum Gasteiger partial charge on any atom is 0.231 e. The third-order valence-corrected chi connectivity index (χ3v) is 9.77. The molecule has 0 bridgehead atoms. The summed E-state index contributed by atoms with van der Waals surface area (Å²) >= 11 is 0. The van der Waals surface area contributed by atoms with Gasteiger partial charge in [-0.3, -0.25) is 19.2 Å². The van der Waals surface area contributed by atoms with Crippen LogP contribution in [0.15, 0.2) is 91.1 Å². The maximum atomic E-state index is 13.3. The first-order valence-electron chi connectivity index (χ1n) is 17.0. The molecule has 0 radical (unpaired) electrons. The van der Waals surface area contributed by atoms with Gasteiger partial charge in [0.25, 0.3) is 0 Å². The Bertz CT molecular complexity index is 1860. The molecule has 48 heavy (non-hydrogen) atoms. The molecular weight excluding hydrogens is 602 g/mol. The van der Waals surface area contributed by atoms with E-state index in [9.17, 15) is 4.79 Å². The van der Waals surface area contributed by atoms with Crippen LogP contribution in [0.2, 0.25) is 0 Å². The number of carbonyl (C=O) groups is 1. The Kier molecular flexibility index (Phi) is 8.65. The Morgan fingerprint density at radius 1 is 0.729 bits per heavy atom. The summed E-state index contributed by atoms with van der Waals surface area (Å²) in [6.07, 6.45) is 4.32. The van der Waals surface area contributed by atoms with Crippen molar-refractivity contribution in [3.8, 4) is 17.3 Å². The summed E-state index contributed by atoms with van der Waals surface area (Å²) in [7, 11) is 0. The molecule has 3 aliphatic heterocycles. The second kappa shape index (κ2) is 13.7. The lowest BCUT2D eigenvalue weighted by molar-refractivity contribution is -0.121. The van der Waals surface area contributed by atoms with Crippen molar-refractivity contribution in [1.29, 1.82) is 0 Å². The van der Waals surface area contributed by atoms with Crippen LogP contribution < -0.4 is 19.7 Å². The molecule has 3 aromatic carbocycles. The van der Waals surface area contributed by atoms with Crippen molar-refractivity contribution < 1.29 is 14.3 Å². The predicted octanol–water partition coefficient (Wildman–Crippen LogP) is 4.79. The molecule has 0 aliphatic carbocycles. The largest absolute Gasteiger partial charge is 0.454 e. The molecule has 0 spiro atoms. The Hall–Kier alpha value is -4.93. The molecule has 10 nitrogen and oxygen atoms in total. The van der Waals surface area contributed by atoms with E-state index < -0.39 is 0 Å². The van der Waals surface area contributed by atoms with Crippen LogP contribution in [-0.2, 0) is 24.3 Å². The van der Waals surface area contributed by atoms with Gasteiger partial charge in [0, 0.05) is 70.0 Å².